The third-order valence-corrected chi connectivity index (χ3v) is 3.38. The molecule has 2 aromatic carbocycles. The molecular formula is C18H17N3O. The third-order valence-electron chi connectivity index (χ3n) is 3.38. The summed E-state index contributed by atoms with van der Waals surface area (Å²) in [5, 5.41) is 12.9. The molecule has 2 rings (SSSR count). The Morgan fingerprint density at radius 3 is 2.41 bits per heavy atom. The predicted molar refractivity (Wildman–Crippen MR) is 86.8 cm³/mol. The fourth-order valence-electron chi connectivity index (χ4n) is 2.11. The molecule has 0 heterocycles. The van der Waals surface area contributed by atoms with Crippen molar-refractivity contribution in [2.24, 2.45) is 5.10 Å². The van der Waals surface area contributed by atoms with Crippen molar-refractivity contribution in [1.29, 1.82) is 5.26 Å². The molecule has 0 radical (unpaired) electrons. The van der Waals surface area contributed by atoms with Gasteiger partial charge in [-0.15, -0.1) is 0 Å². The molecule has 4 heteroatoms. The minimum absolute atomic E-state index is 0.231. The van der Waals surface area contributed by atoms with Crippen LogP contribution >= 0.6 is 0 Å². The van der Waals surface area contributed by atoms with Gasteiger partial charge in [0.05, 0.1) is 17.3 Å². The Bertz CT molecular complexity index is 768. The van der Waals surface area contributed by atoms with Gasteiger partial charge in [-0.3, -0.25) is 4.79 Å². The molecule has 0 spiro atoms. The second-order valence-corrected chi connectivity index (χ2v) is 5.15. The van der Waals surface area contributed by atoms with Gasteiger partial charge in [0.15, 0.2) is 0 Å². The first kappa shape index (κ1) is 15.5. The van der Waals surface area contributed by atoms with E-state index >= 15 is 0 Å². The Morgan fingerprint density at radius 1 is 1.14 bits per heavy atom. The van der Waals surface area contributed by atoms with E-state index in [1.807, 2.05) is 32.9 Å². The van der Waals surface area contributed by atoms with Crippen molar-refractivity contribution in [3.63, 3.8) is 0 Å². The quantitative estimate of drug-likeness (QED) is 0.696. The van der Waals surface area contributed by atoms with Gasteiger partial charge in [0, 0.05) is 5.56 Å². The first-order chi connectivity index (χ1) is 10.5. The number of hydrazone groups is 1. The van der Waals surface area contributed by atoms with Crippen LogP contribution in [0, 0.1) is 25.2 Å². The minimum atomic E-state index is -0.231. The van der Waals surface area contributed by atoms with E-state index < -0.39 is 0 Å². The monoisotopic (exact) mass is 291 g/mol. The van der Waals surface area contributed by atoms with Crippen LogP contribution < -0.4 is 5.43 Å². The van der Waals surface area contributed by atoms with Crippen LogP contribution in [-0.2, 0) is 0 Å². The average Bonchev–Trinajstić information content (AvgIpc) is 2.52. The number of carbonyl (C=O) groups is 1. The summed E-state index contributed by atoms with van der Waals surface area (Å²) < 4.78 is 0. The number of nitriles is 1. The number of amides is 1. The number of aryl methyl sites for hydroxylation is 2. The lowest BCUT2D eigenvalue weighted by Gasteiger charge is -2.06. The summed E-state index contributed by atoms with van der Waals surface area (Å²) in [6.07, 6.45) is 0. The third kappa shape index (κ3) is 3.58. The van der Waals surface area contributed by atoms with E-state index in [1.54, 1.807) is 30.3 Å². The summed E-state index contributed by atoms with van der Waals surface area (Å²) in [5.41, 5.74) is 7.36. The molecule has 0 bridgehead atoms. The highest BCUT2D eigenvalue weighted by Crippen LogP contribution is 2.10. The lowest BCUT2D eigenvalue weighted by atomic mass is 10.1. The van der Waals surface area contributed by atoms with E-state index in [0.717, 1.165) is 16.7 Å². The van der Waals surface area contributed by atoms with Crippen molar-refractivity contribution in [3.8, 4) is 6.07 Å². The molecule has 0 fully saturated rings. The fraction of sp³-hybridized carbons (Fsp3) is 0.167. The largest absolute Gasteiger partial charge is 0.271 e. The van der Waals surface area contributed by atoms with Crippen LogP contribution in [0.5, 0.6) is 0 Å². The first-order valence-corrected chi connectivity index (χ1v) is 6.93. The molecule has 0 atom stereocenters. The Kier molecular flexibility index (Phi) is 4.70. The van der Waals surface area contributed by atoms with Gasteiger partial charge in [-0.1, -0.05) is 29.8 Å². The first-order valence-electron chi connectivity index (χ1n) is 6.93. The van der Waals surface area contributed by atoms with Gasteiger partial charge in [-0.05, 0) is 50.1 Å². The molecule has 0 aliphatic rings. The number of nitrogens with zero attached hydrogens (tertiary/aromatic N) is 2. The summed E-state index contributed by atoms with van der Waals surface area (Å²) in [7, 11) is 0. The lowest BCUT2D eigenvalue weighted by molar-refractivity contribution is 0.0954. The summed E-state index contributed by atoms with van der Waals surface area (Å²) in [6.45, 7) is 5.70. The van der Waals surface area contributed by atoms with Crippen LogP contribution in [0.4, 0.5) is 0 Å². The van der Waals surface area contributed by atoms with Crippen LogP contribution in [0.25, 0.3) is 0 Å². The predicted octanol–water partition coefficient (Wildman–Crippen LogP) is 3.33. The van der Waals surface area contributed by atoms with Crippen molar-refractivity contribution in [3.05, 3.63) is 70.3 Å². The van der Waals surface area contributed by atoms with Crippen LogP contribution in [0.1, 0.15) is 39.5 Å². The van der Waals surface area contributed by atoms with Gasteiger partial charge in [-0.2, -0.15) is 10.4 Å². The molecule has 22 heavy (non-hydrogen) atoms. The Balaban J connectivity index is 2.12. The summed E-state index contributed by atoms with van der Waals surface area (Å²) in [4.78, 5) is 12.2. The molecule has 1 N–H and O–H groups in total. The normalized spacial score (nSPS) is 10.9. The molecule has 0 aliphatic heterocycles. The van der Waals surface area contributed by atoms with Crippen LogP contribution in [-0.4, -0.2) is 11.6 Å². The topological polar surface area (TPSA) is 65.2 Å². The average molecular weight is 291 g/mol. The maximum atomic E-state index is 12.2. The molecule has 0 aromatic heterocycles. The van der Waals surface area contributed by atoms with Crippen molar-refractivity contribution >= 4 is 11.6 Å². The highest BCUT2D eigenvalue weighted by molar-refractivity contribution is 6.01. The molecule has 2 aromatic rings. The maximum absolute atomic E-state index is 12.2. The summed E-state index contributed by atoms with van der Waals surface area (Å²) >= 11 is 0. The number of carbonyl (C=O) groups excluding carboxylic acids is 1. The van der Waals surface area contributed by atoms with E-state index in [0.29, 0.717) is 16.8 Å². The van der Waals surface area contributed by atoms with E-state index in [1.165, 1.54) is 0 Å². The van der Waals surface area contributed by atoms with Crippen LogP contribution in [0.15, 0.2) is 47.6 Å². The second-order valence-electron chi connectivity index (χ2n) is 5.15. The Hall–Kier alpha value is -2.93. The SMILES string of the molecule is C/C(=N\NC(=O)c1ccc(C)cc1C)c1ccc(C#N)cc1. The standard InChI is InChI=1S/C18H17N3O/c1-12-4-9-17(13(2)10-12)18(22)21-20-14(3)16-7-5-15(11-19)6-8-16/h4-10H,1-3H3,(H,21,22)/b20-14+. The number of nitrogens with one attached hydrogen (secondary N) is 1. The van der Waals surface area contributed by atoms with Gasteiger partial charge in [0.2, 0.25) is 0 Å². The molecule has 1 amide bonds. The molecule has 0 unspecified atom stereocenters. The van der Waals surface area contributed by atoms with E-state index in [9.17, 15) is 4.79 Å². The fourth-order valence-corrected chi connectivity index (χ4v) is 2.11. The summed E-state index contributed by atoms with van der Waals surface area (Å²) in [5.74, 6) is -0.231. The lowest BCUT2D eigenvalue weighted by Crippen LogP contribution is -2.20. The van der Waals surface area contributed by atoms with Gasteiger partial charge in [0.25, 0.3) is 5.91 Å². The molecule has 0 aliphatic carbocycles. The zero-order valence-corrected chi connectivity index (χ0v) is 12.8. The van der Waals surface area contributed by atoms with E-state index in [4.69, 9.17) is 5.26 Å². The zero-order chi connectivity index (χ0) is 16.1. The van der Waals surface area contributed by atoms with Crippen molar-refractivity contribution in [1.82, 2.24) is 5.43 Å². The highest BCUT2D eigenvalue weighted by Gasteiger charge is 2.08. The maximum Gasteiger partial charge on any atom is 0.271 e. The Labute approximate surface area is 130 Å². The second kappa shape index (κ2) is 6.68. The number of benzene rings is 2. The highest BCUT2D eigenvalue weighted by atomic mass is 16.2. The van der Waals surface area contributed by atoms with Crippen LogP contribution in [0.2, 0.25) is 0 Å². The molecule has 0 saturated heterocycles. The van der Waals surface area contributed by atoms with Crippen molar-refractivity contribution < 1.29 is 4.79 Å². The summed E-state index contributed by atoms with van der Waals surface area (Å²) in [6, 6.07) is 14.8. The molecule has 4 nitrogen and oxygen atoms in total. The number of hydrogen-bond donors (Lipinski definition) is 1. The number of hydrogen-bond acceptors (Lipinski definition) is 3. The van der Waals surface area contributed by atoms with Gasteiger partial charge in [0.1, 0.15) is 0 Å². The smallest absolute Gasteiger partial charge is 0.267 e. The molecule has 0 saturated carbocycles. The van der Waals surface area contributed by atoms with Gasteiger partial charge < -0.3 is 0 Å². The zero-order valence-electron chi connectivity index (χ0n) is 12.8. The molecular weight excluding hydrogens is 274 g/mol. The Morgan fingerprint density at radius 2 is 1.82 bits per heavy atom. The van der Waals surface area contributed by atoms with Crippen LogP contribution in [0.3, 0.4) is 0 Å². The van der Waals surface area contributed by atoms with Crippen molar-refractivity contribution in [2.75, 3.05) is 0 Å². The molecule has 110 valence electrons. The minimum Gasteiger partial charge on any atom is -0.267 e. The van der Waals surface area contributed by atoms with E-state index in [-0.39, 0.29) is 5.91 Å². The van der Waals surface area contributed by atoms with Gasteiger partial charge in [-0.25, -0.2) is 5.43 Å². The number of rotatable bonds is 3. The van der Waals surface area contributed by atoms with E-state index in [2.05, 4.69) is 16.6 Å². The van der Waals surface area contributed by atoms with Crippen molar-refractivity contribution in [2.45, 2.75) is 20.8 Å². The van der Waals surface area contributed by atoms with Gasteiger partial charge >= 0.3 is 0 Å².